The van der Waals surface area contributed by atoms with Crippen molar-refractivity contribution in [2.75, 3.05) is 37.0 Å². The molecule has 0 unspecified atom stereocenters. The third-order valence-electron chi connectivity index (χ3n) is 7.19. The molecule has 1 aromatic heterocycles. The quantitative estimate of drug-likeness (QED) is 0.378. The molecule has 12 heteroatoms. The minimum Gasteiger partial charge on any atom is -0.481 e. The number of hydrogen-bond acceptors (Lipinski definition) is 6. The van der Waals surface area contributed by atoms with E-state index in [4.69, 9.17) is 4.74 Å². The normalized spacial score (nSPS) is 16.7. The van der Waals surface area contributed by atoms with Crippen LogP contribution in [0.15, 0.2) is 36.5 Å². The summed E-state index contributed by atoms with van der Waals surface area (Å²) in [5, 5.41) is 2.81. The van der Waals surface area contributed by atoms with Crippen molar-refractivity contribution in [1.82, 2.24) is 14.9 Å². The van der Waals surface area contributed by atoms with Crippen LogP contribution >= 0.6 is 0 Å². The predicted molar refractivity (Wildman–Crippen MR) is 140 cm³/mol. The zero-order chi connectivity index (χ0) is 28.8. The number of ether oxygens (including phenoxy) is 1. The first-order valence-corrected chi connectivity index (χ1v) is 12.9. The number of benzene rings is 2. The Balaban J connectivity index is 1.49. The first kappa shape index (κ1) is 27.8. The third-order valence-corrected chi connectivity index (χ3v) is 7.19. The minimum absolute atomic E-state index is 0.104. The predicted octanol–water partition coefficient (Wildman–Crippen LogP) is 6.13. The number of alkyl halides is 3. The number of likely N-dealkylation sites (tertiary alicyclic amines) is 1. The first-order chi connectivity index (χ1) is 18.9. The molecule has 5 rings (SSSR count). The highest BCUT2D eigenvalue weighted by atomic mass is 19.4. The second-order valence-corrected chi connectivity index (χ2v) is 10.3. The van der Waals surface area contributed by atoms with Crippen molar-refractivity contribution < 1.29 is 31.5 Å². The van der Waals surface area contributed by atoms with Gasteiger partial charge in [0, 0.05) is 17.3 Å². The van der Waals surface area contributed by atoms with Gasteiger partial charge in [0.2, 0.25) is 5.95 Å². The lowest BCUT2D eigenvalue weighted by atomic mass is 9.89. The molecular formula is C28H28F5N5O2. The molecule has 3 heterocycles. The maximum Gasteiger partial charge on any atom is 0.420 e. The summed E-state index contributed by atoms with van der Waals surface area (Å²) in [5.74, 6) is -2.43. The molecule has 0 aliphatic carbocycles. The number of rotatable bonds is 5. The standard InChI is InChI=1S/C28H28F5N5O2/c1-15(2)38-23-11-17(10-20(28(31,32)33)26(23)40-14-24(38)39)25-22(30)13-34-27(36-25)35-18-4-5-19(21(29)12-18)16-6-8-37(3)9-7-16/h4-5,10-13,15-16H,6-9,14H2,1-3H3,(H,34,35,36). The van der Waals surface area contributed by atoms with Crippen LogP contribution < -0.4 is 15.0 Å². The van der Waals surface area contributed by atoms with Crippen molar-refractivity contribution in [1.29, 1.82) is 0 Å². The number of nitrogens with one attached hydrogen (secondary N) is 1. The third kappa shape index (κ3) is 5.45. The molecule has 1 amide bonds. The van der Waals surface area contributed by atoms with Gasteiger partial charge in [0.1, 0.15) is 17.1 Å². The minimum atomic E-state index is -4.85. The lowest BCUT2D eigenvalue weighted by Crippen LogP contribution is -2.43. The molecule has 7 nitrogen and oxygen atoms in total. The Morgan fingerprint density at radius 2 is 1.80 bits per heavy atom. The van der Waals surface area contributed by atoms with Crippen molar-refractivity contribution in [2.45, 2.75) is 44.8 Å². The van der Waals surface area contributed by atoms with Crippen LogP contribution in [0.3, 0.4) is 0 Å². The van der Waals surface area contributed by atoms with Crippen molar-refractivity contribution in [3.05, 3.63) is 59.3 Å². The number of halogens is 5. The molecule has 2 aliphatic rings. The fraction of sp³-hybridized carbons (Fsp3) is 0.393. The van der Waals surface area contributed by atoms with Crippen molar-refractivity contribution in [2.24, 2.45) is 0 Å². The van der Waals surface area contributed by atoms with E-state index >= 15 is 0 Å². The van der Waals surface area contributed by atoms with E-state index in [0.717, 1.165) is 38.2 Å². The molecule has 0 radical (unpaired) electrons. The van der Waals surface area contributed by atoms with E-state index in [9.17, 15) is 26.7 Å². The lowest BCUT2D eigenvalue weighted by molar-refractivity contribution is -0.140. The number of fused-ring (bicyclic) bond motifs is 1. The van der Waals surface area contributed by atoms with E-state index in [0.29, 0.717) is 11.3 Å². The van der Waals surface area contributed by atoms with Crippen LogP contribution in [0.25, 0.3) is 11.3 Å². The monoisotopic (exact) mass is 561 g/mol. The summed E-state index contributed by atoms with van der Waals surface area (Å²) in [6, 6.07) is 6.14. The molecule has 3 aromatic rings. The van der Waals surface area contributed by atoms with E-state index < -0.39 is 53.4 Å². The maximum absolute atomic E-state index is 15.0. The molecule has 1 saturated heterocycles. The Kier molecular flexibility index (Phi) is 7.38. The molecular weight excluding hydrogens is 533 g/mol. The molecule has 2 aromatic carbocycles. The van der Waals surface area contributed by atoms with Gasteiger partial charge in [-0.25, -0.2) is 18.7 Å². The van der Waals surface area contributed by atoms with Gasteiger partial charge in [-0.15, -0.1) is 0 Å². The van der Waals surface area contributed by atoms with Gasteiger partial charge in [-0.3, -0.25) is 4.79 Å². The van der Waals surface area contributed by atoms with Crippen LogP contribution in [-0.4, -0.2) is 53.6 Å². The van der Waals surface area contributed by atoms with E-state index in [1.165, 1.54) is 17.0 Å². The van der Waals surface area contributed by atoms with E-state index in [1.54, 1.807) is 26.0 Å². The van der Waals surface area contributed by atoms with Crippen LogP contribution in [0, 0.1) is 11.6 Å². The largest absolute Gasteiger partial charge is 0.481 e. The summed E-state index contributed by atoms with van der Waals surface area (Å²) in [6.45, 7) is 4.51. The highest BCUT2D eigenvalue weighted by Gasteiger charge is 2.40. The number of nitrogens with zero attached hydrogens (tertiary/aromatic N) is 4. The summed E-state index contributed by atoms with van der Waals surface area (Å²) in [4.78, 5) is 23.9. The van der Waals surface area contributed by atoms with E-state index in [1.807, 2.05) is 7.05 Å². The zero-order valence-corrected chi connectivity index (χ0v) is 22.1. The van der Waals surface area contributed by atoms with Crippen molar-refractivity contribution in [3.63, 3.8) is 0 Å². The number of anilines is 3. The Labute approximate surface area is 228 Å². The summed E-state index contributed by atoms with van der Waals surface area (Å²) in [6.07, 6.45) is -2.34. The number of hydrogen-bond donors (Lipinski definition) is 1. The molecule has 0 atom stereocenters. The van der Waals surface area contributed by atoms with Gasteiger partial charge in [0.25, 0.3) is 5.91 Å². The summed E-state index contributed by atoms with van der Waals surface area (Å²) in [7, 11) is 2.03. The van der Waals surface area contributed by atoms with Gasteiger partial charge >= 0.3 is 6.18 Å². The van der Waals surface area contributed by atoms with Gasteiger partial charge in [-0.2, -0.15) is 13.2 Å². The lowest BCUT2D eigenvalue weighted by Gasteiger charge is -2.34. The average Bonchev–Trinajstić information content (AvgIpc) is 2.89. The summed E-state index contributed by atoms with van der Waals surface area (Å²) in [5.41, 5.74) is -1.01. The molecule has 0 bridgehead atoms. The number of carbonyl (C=O) groups is 1. The number of amides is 1. The van der Waals surface area contributed by atoms with Crippen LogP contribution in [0.2, 0.25) is 0 Å². The Morgan fingerprint density at radius 1 is 1.07 bits per heavy atom. The van der Waals surface area contributed by atoms with E-state index in [2.05, 4.69) is 20.2 Å². The van der Waals surface area contributed by atoms with Gasteiger partial charge < -0.3 is 19.9 Å². The maximum atomic E-state index is 15.0. The Hall–Kier alpha value is -3.80. The number of carbonyl (C=O) groups excluding carboxylic acids is 1. The molecule has 1 fully saturated rings. The second kappa shape index (κ2) is 10.6. The molecule has 212 valence electrons. The van der Waals surface area contributed by atoms with Gasteiger partial charge in [0.05, 0.1) is 11.9 Å². The smallest absolute Gasteiger partial charge is 0.420 e. The highest BCUT2D eigenvalue weighted by molar-refractivity contribution is 5.99. The van der Waals surface area contributed by atoms with E-state index in [-0.39, 0.29) is 23.1 Å². The first-order valence-electron chi connectivity index (χ1n) is 12.9. The average molecular weight is 562 g/mol. The zero-order valence-electron chi connectivity index (χ0n) is 22.1. The number of aromatic nitrogens is 2. The Bertz CT molecular complexity index is 1440. The molecule has 2 aliphatic heterocycles. The molecule has 0 saturated carbocycles. The van der Waals surface area contributed by atoms with Crippen molar-refractivity contribution >= 4 is 23.2 Å². The van der Waals surface area contributed by atoms with Crippen molar-refractivity contribution in [3.8, 4) is 17.0 Å². The molecule has 40 heavy (non-hydrogen) atoms. The number of piperidine rings is 1. The van der Waals surface area contributed by atoms with Crippen LogP contribution in [0.1, 0.15) is 43.7 Å². The highest BCUT2D eigenvalue weighted by Crippen LogP contribution is 2.47. The summed E-state index contributed by atoms with van der Waals surface area (Å²) < 4.78 is 77.2. The van der Waals surface area contributed by atoms with Crippen LogP contribution in [0.5, 0.6) is 5.75 Å². The summed E-state index contributed by atoms with van der Waals surface area (Å²) >= 11 is 0. The van der Waals surface area contributed by atoms with Crippen LogP contribution in [0.4, 0.5) is 39.3 Å². The van der Waals surface area contributed by atoms with Gasteiger partial charge in [-0.05, 0) is 82.6 Å². The van der Waals surface area contributed by atoms with Crippen LogP contribution in [-0.2, 0) is 11.0 Å². The molecule has 0 spiro atoms. The fourth-order valence-corrected chi connectivity index (χ4v) is 5.21. The SMILES string of the molecule is CC(C)N1C(=O)COc2c1cc(-c1nc(Nc3ccc(C4CCN(C)CC4)c(F)c3)ncc1F)cc2C(F)(F)F. The fourth-order valence-electron chi connectivity index (χ4n) is 5.21. The van der Waals surface area contributed by atoms with Gasteiger partial charge in [-0.1, -0.05) is 6.07 Å². The topological polar surface area (TPSA) is 70.6 Å². The molecule has 1 N–H and O–H groups in total. The Morgan fingerprint density at radius 3 is 2.45 bits per heavy atom. The van der Waals surface area contributed by atoms with Gasteiger partial charge in [0.15, 0.2) is 18.2 Å². The second-order valence-electron chi connectivity index (χ2n) is 10.3.